The summed E-state index contributed by atoms with van der Waals surface area (Å²) in [5, 5.41) is 28.1. The maximum Gasteiger partial charge on any atom is 0.251 e. The Hall–Kier alpha value is -1.86. The Morgan fingerprint density at radius 2 is 1.95 bits per heavy atom. The SMILES string of the molecule is Cc1cc2c(O)ccc(/N=N/c3nnc(C)s3)c2s1. The second-order valence-corrected chi connectivity index (χ2v) is 6.42. The van der Waals surface area contributed by atoms with E-state index in [0.29, 0.717) is 5.13 Å². The number of benzene rings is 1. The van der Waals surface area contributed by atoms with Crippen molar-refractivity contribution in [2.75, 3.05) is 0 Å². The van der Waals surface area contributed by atoms with Crippen LogP contribution in [0.3, 0.4) is 0 Å². The lowest BCUT2D eigenvalue weighted by molar-refractivity contribution is 0.482. The van der Waals surface area contributed by atoms with Crippen LogP contribution in [-0.2, 0) is 0 Å². The van der Waals surface area contributed by atoms with Crippen LogP contribution in [0, 0.1) is 13.8 Å². The van der Waals surface area contributed by atoms with E-state index in [9.17, 15) is 5.11 Å². The molecule has 0 saturated carbocycles. The van der Waals surface area contributed by atoms with Gasteiger partial charge in [-0.05, 0) is 32.0 Å². The van der Waals surface area contributed by atoms with Crippen molar-refractivity contribution in [1.82, 2.24) is 10.2 Å². The van der Waals surface area contributed by atoms with E-state index in [2.05, 4.69) is 20.4 Å². The summed E-state index contributed by atoms with van der Waals surface area (Å²) in [5.41, 5.74) is 0.735. The van der Waals surface area contributed by atoms with Crippen molar-refractivity contribution < 1.29 is 5.11 Å². The molecule has 0 unspecified atom stereocenters. The van der Waals surface area contributed by atoms with Gasteiger partial charge in [0.15, 0.2) is 0 Å². The number of phenolic OH excluding ortho intramolecular Hbond substituents is 1. The van der Waals surface area contributed by atoms with Crippen molar-refractivity contribution in [3.8, 4) is 5.75 Å². The van der Waals surface area contributed by atoms with E-state index in [4.69, 9.17) is 0 Å². The smallest absolute Gasteiger partial charge is 0.251 e. The highest BCUT2D eigenvalue weighted by Gasteiger charge is 2.08. The molecule has 2 aromatic heterocycles. The van der Waals surface area contributed by atoms with E-state index >= 15 is 0 Å². The minimum Gasteiger partial charge on any atom is -0.507 e. The molecule has 0 radical (unpaired) electrons. The standard InChI is InChI=1S/C12H10N4OS2/c1-6-5-8-10(17)4-3-9(11(8)18-6)14-16-12-15-13-7(2)19-12/h3-5,17H,1-2H3/b16-14+. The molecular weight excluding hydrogens is 280 g/mol. The first kappa shape index (κ1) is 12.2. The van der Waals surface area contributed by atoms with Gasteiger partial charge in [0.2, 0.25) is 0 Å². The Labute approximate surface area is 117 Å². The van der Waals surface area contributed by atoms with Gasteiger partial charge in [0.25, 0.3) is 5.13 Å². The number of phenols is 1. The molecule has 0 atom stereocenters. The highest BCUT2D eigenvalue weighted by molar-refractivity contribution is 7.19. The van der Waals surface area contributed by atoms with E-state index in [1.165, 1.54) is 11.3 Å². The predicted molar refractivity (Wildman–Crippen MR) is 77.0 cm³/mol. The number of azo groups is 1. The number of rotatable bonds is 2. The molecule has 1 N–H and O–H groups in total. The number of nitrogens with zero attached hydrogens (tertiary/aromatic N) is 4. The topological polar surface area (TPSA) is 70.7 Å². The van der Waals surface area contributed by atoms with Gasteiger partial charge in [-0.3, -0.25) is 0 Å². The van der Waals surface area contributed by atoms with E-state index in [1.807, 2.05) is 19.9 Å². The monoisotopic (exact) mass is 290 g/mol. The first-order valence-electron chi connectivity index (χ1n) is 5.57. The Morgan fingerprint density at radius 1 is 1.11 bits per heavy atom. The molecule has 0 fully saturated rings. The third kappa shape index (κ3) is 2.34. The first-order chi connectivity index (χ1) is 9.13. The van der Waals surface area contributed by atoms with Crippen LogP contribution in [0.2, 0.25) is 0 Å². The lowest BCUT2D eigenvalue weighted by Gasteiger charge is -1.97. The van der Waals surface area contributed by atoms with Crippen LogP contribution in [0.25, 0.3) is 10.1 Å². The summed E-state index contributed by atoms with van der Waals surface area (Å²) in [6.45, 7) is 3.87. The van der Waals surface area contributed by atoms with Crippen molar-refractivity contribution in [2.24, 2.45) is 10.2 Å². The summed E-state index contributed by atoms with van der Waals surface area (Å²) in [6.07, 6.45) is 0. The summed E-state index contributed by atoms with van der Waals surface area (Å²) in [7, 11) is 0. The zero-order chi connectivity index (χ0) is 13.4. The molecule has 0 aliphatic heterocycles. The lowest BCUT2D eigenvalue weighted by Crippen LogP contribution is -1.69. The van der Waals surface area contributed by atoms with Crippen LogP contribution >= 0.6 is 22.7 Å². The van der Waals surface area contributed by atoms with Crippen LogP contribution in [-0.4, -0.2) is 15.3 Å². The number of aryl methyl sites for hydroxylation is 2. The minimum absolute atomic E-state index is 0.269. The molecule has 3 rings (SSSR count). The van der Waals surface area contributed by atoms with Crippen LogP contribution in [0.1, 0.15) is 9.88 Å². The number of hydrogen-bond acceptors (Lipinski definition) is 7. The molecule has 96 valence electrons. The molecule has 19 heavy (non-hydrogen) atoms. The second kappa shape index (κ2) is 4.67. The Kier molecular flexibility index (Phi) is 3.00. The van der Waals surface area contributed by atoms with E-state index in [1.54, 1.807) is 23.5 Å². The fourth-order valence-corrected chi connectivity index (χ4v) is 3.21. The average Bonchev–Trinajstić information content (AvgIpc) is 2.95. The Bertz CT molecular complexity index is 775. The molecule has 0 aliphatic carbocycles. The zero-order valence-electron chi connectivity index (χ0n) is 10.3. The van der Waals surface area contributed by atoms with Gasteiger partial charge in [-0.2, -0.15) is 0 Å². The summed E-state index contributed by atoms with van der Waals surface area (Å²) in [6, 6.07) is 5.34. The molecule has 5 nitrogen and oxygen atoms in total. The second-order valence-electron chi connectivity index (χ2n) is 4.01. The lowest BCUT2D eigenvalue weighted by atomic mass is 10.2. The van der Waals surface area contributed by atoms with Crippen LogP contribution in [0.5, 0.6) is 5.75 Å². The summed E-state index contributed by atoms with van der Waals surface area (Å²) in [5.74, 6) is 0.269. The number of hydrogen-bond donors (Lipinski definition) is 1. The normalized spacial score (nSPS) is 11.7. The van der Waals surface area contributed by atoms with Gasteiger partial charge in [-0.1, -0.05) is 11.3 Å². The summed E-state index contributed by atoms with van der Waals surface area (Å²) < 4.78 is 0.933. The van der Waals surface area contributed by atoms with Crippen molar-refractivity contribution >= 4 is 43.6 Å². The Morgan fingerprint density at radius 3 is 2.68 bits per heavy atom. The van der Waals surface area contributed by atoms with Gasteiger partial charge in [0.1, 0.15) is 16.4 Å². The van der Waals surface area contributed by atoms with Gasteiger partial charge in [0.05, 0.1) is 4.70 Å². The predicted octanol–water partition coefficient (Wildman–Crippen LogP) is 4.49. The first-order valence-corrected chi connectivity index (χ1v) is 7.21. The fourth-order valence-electron chi connectivity index (χ4n) is 1.72. The number of aromatic hydroxyl groups is 1. The molecule has 0 saturated heterocycles. The molecule has 2 heterocycles. The summed E-state index contributed by atoms with van der Waals surface area (Å²) >= 11 is 2.98. The van der Waals surface area contributed by atoms with Crippen LogP contribution in [0.4, 0.5) is 10.8 Å². The van der Waals surface area contributed by atoms with Gasteiger partial charge in [0, 0.05) is 10.3 Å². The summed E-state index contributed by atoms with van der Waals surface area (Å²) in [4.78, 5) is 1.12. The maximum atomic E-state index is 9.81. The van der Waals surface area contributed by atoms with Crippen molar-refractivity contribution in [2.45, 2.75) is 13.8 Å². The van der Waals surface area contributed by atoms with Gasteiger partial charge in [-0.15, -0.1) is 31.8 Å². The molecule has 3 aromatic rings. The molecule has 1 aromatic carbocycles. The molecule has 0 spiro atoms. The maximum absolute atomic E-state index is 9.81. The minimum atomic E-state index is 0.269. The van der Waals surface area contributed by atoms with E-state index < -0.39 is 0 Å². The van der Waals surface area contributed by atoms with Crippen molar-refractivity contribution in [1.29, 1.82) is 0 Å². The molecule has 0 aliphatic rings. The highest BCUT2D eigenvalue weighted by atomic mass is 32.1. The molecule has 0 amide bonds. The third-order valence-electron chi connectivity index (χ3n) is 2.52. The van der Waals surface area contributed by atoms with Crippen LogP contribution < -0.4 is 0 Å². The number of fused-ring (bicyclic) bond motifs is 1. The molecule has 0 bridgehead atoms. The van der Waals surface area contributed by atoms with Crippen molar-refractivity contribution in [3.63, 3.8) is 0 Å². The largest absolute Gasteiger partial charge is 0.507 e. The third-order valence-corrected chi connectivity index (χ3v) is 4.32. The number of thiophene rings is 1. The van der Waals surface area contributed by atoms with Gasteiger partial charge < -0.3 is 5.11 Å². The zero-order valence-corrected chi connectivity index (χ0v) is 11.9. The van der Waals surface area contributed by atoms with E-state index in [0.717, 1.165) is 25.7 Å². The fraction of sp³-hybridized carbons (Fsp3) is 0.167. The van der Waals surface area contributed by atoms with E-state index in [-0.39, 0.29) is 5.75 Å². The van der Waals surface area contributed by atoms with Crippen molar-refractivity contribution in [3.05, 3.63) is 28.1 Å². The van der Waals surface area contributed by atoms with Gasteiger partial charge >= 0.3 is 0 Å². The molecular formula is C12H10N4OS2. The average molecular weight is 290 g/mol. The quantitative estimate of drug-likeness (QED) is 0.707. The van der Waals surface area contributed by atoms with Gasteiger partial charge in [-0.25, -0.2) is 0 Å². The highest BCUT2D eigenvalue weighted by Crippen LogP contribution is 2.39. The number of aromatic nitrogens is 2. The van der Waals surface area contributed by atoms with Crippen LogP contribution in [0.15, 0.2) is 28.4 Å². The molecule has 7 heteroatoms. The Balaban J connectivity index is 2.05.